The smallest absolute Gasteiger partial charge is 0.360 e. The van der Waals surface area contributed by atoms with Gasteiger partial charge in [-0.1, -0.05) is 5.16 Å². The van der Waals surface area contributed by atoms with Gasteiger partial charge in [-0.3, -0.25) is 5.10 Å². The van der Waals surface area contributed by atoms with Gasteiger partial charge in [0.25, 0.3) is 0 Å². The number of aromatic nitrogens is 3. The third-order valence-electron chi connectivity index (χ3n) is 1.76. The van der Waals surface area contributed by atoms with E-state index in [0.717, 1.165) is 0 Å². The average Bonchev–Trinajstić information content (AvgIpc) is 2.89. The van der Waals surface area contributed by atoms with Crippen LogP contribution in [0.25, 0.3) is 11.5 Å². The normalized spacial score (nSPS) is 10.2. The maximum Gasteiger partial charge on any atom is 0.360 e. The van der Waals surface area contributed by atoms with Crippen molar-refractivity contribution in [2.45, 2.75) is 6.92 Å². The van der Waals surface area contributed by atoms with E-state index in [1.54, 1.807) is 19.2 Å². The van der Waals surface area contributed by atoms with Crippen molar-refractivity contribution in [1.82, 2.24) is 15.4 Å². The van der Waals surface area contributed by atoms with Crippen molar-refractivity contribution < 1.29 is 14.1 Å². The first kappa shape index (κ1) is 9.45. The topological polar surface area (TPSA) is 81.0 Å². The van der Waals surface area contributed by atoms with E-state index in [2.05, 4.69) is 15.4 Å². The molecule has 0 bridgehead atoms. The van der Waals surface area contributed by atoms with Crippen molar-refractivity contribution >= 4 is 5.97 Å². The van der Waals surface area contributed by atoms with Crippen LogP contribution in [0.2, 0.25) is 0 Å². The van der Waals surface area contributed by atoms with Gasteiger partial charge in [-0.25, -0.2) is 4.79 Å². The minimum atomic E-state index is -0.494. The van der Waals surface area contributed by atoms with Gasteiger partial charge < -0.3 is 9.26 Å². The van der Waals surface area contributed by atoms with Crippen LogP contribution in [0.5, 0.6) is 0 Å². The number of esters is 1. The van der Waals surface area contributed by atoms with Crippen molar-refractivity contribution in [1.29, 1.82) is 0 Å². The molecule has 0 amide bonds. The molecule has 78 valence electrons. The number of carbonyl (C=O) groups is 1. The van der Waals surface area contributed by atoms with Crippen LogP contribution in [0.15, 0.2) is 22.9 Å². The summed E-state index contributed by atoms with van der Waals surface area (Å²) in [6, 6.07) is 3.22. The summed E-state index contributed by atoms with van der Waals surface area (Å²) < 4.78 is 9.73. The van der Waals surface area contributed by atoms with Crippen molar-refractivity contribution in [3.05, 3.63) is 24.0 Å². The lowest BCUT2D eigenvalue weighted by atomic mass is 10.3. The molecule has 0 aliphatic rings. The van der Waals surface area contributed by atoms with E-state index in [4.69, 9.17) is 9.26 Å². The Morgan fingerprint density at radius 1 is 1.67 bits per heavy atom. The highest BCUT2D eigenvalue weighted by atomic mass is 16.5. The Labute approximate surface area is 85.2 Å². The highest BCUT2D eigenvalue weighted by Gasteiger charge is 2.14. The number of ether oxygens (including phenoxy) is 1. The second-order valence-electron chi connectivity index (χ2n) is 2.77. The summed E-state index contributed by atoms with van der Waals surface area (Å²) in [5.41, 5.74) is 0.819. The maximum absolute atomic E-state index is 11.3. The highest BCUT2D eigenvalue weighted by molar-refractivity contribution is 5.88. The number of aromatic amines is 1. The average molecular weight is 207 g/mol. The summed E-state index contributed by atoms with van der Waals surface area (Å²) >= 11 is 0. The van der Waals surface area contributed by atoms with Crippen molar-refractivity contribution in [2.24, 2.45) is 0 Å². The van der Waals surface area contributed by atoms with Gasteiger partial charge in [0.2, 0.25) is 0 Å². The van der Waals surface area contributed by atoms with Crippen LogP contribution >= 0.6 is 0 Å². The predicted molar refractivity (Wildman–Crippen MR) is 50.0 cm³/mol. The second-order valence-corrected chi connectivity index (χ2v) is 2.77. The summed E-state index contributed by atoms with van der Waals surface area (Å²) in [6.45, 7) is 2.04. The lowest BCUT2D eigenvalue weighted by Gasteiger charge is -1.94. The molecule has 0 aromatic carbocycles. The molecule has 1 N–H and O–H groups in total. The van der Waals surface area contributed by atoms with E-state index in [9.17, 15) is 4.79 Å². The van der Waals surface area contributed by atoms with Gasteiger partial charge in [-0.2, -0.15) is 5.10 Å². The number of rotatable bonds is 3. The first-order chi connectivity index (χ1) is 7.31. The molecule has 2 rings (SSSR count). The van der Waals surface area contributed by atoms with Gasteiger partial charge in [0.15, 0.2) is 11.5 Å². The number of carbonyl (C=O) groups excluding carboxylic acids is 1. The van der Waals surface area contributed by atoms with Gasteiger partial charge >= 0.3 is 5.97 Å². The van der Waals surface area contributed by atoms with Crippen LogP contribution in [0, 0.1) is 0 Å². The van der Waals surface area contributed by atoms with Crippen molar-refractivity contribution in [3.8, 4) is 11.5 Å². The molecule has 0 saturated heterocycles. The third-order valence-corrected chi connectivity index (χ3v) is 1.76. The van der Waals surface area contributed by atoms with E-state index in [1.807, 2.05) is 0 Å². The summed E-state index contributed by atoms with van der Waals surface area (Å²) in [6.07, 6.45) is 1.59. The molecular formula is C9H9N3O3. The number of H-pyrrole nitrogens is 1. The zero-order valence-corrected chi connectivity index (χ0v) is 8.06. The Balaban J connectivity index is 2.21. The Bertz CT molecular complexity index is 447. The fraction of sp³-hybridized carbons (Fsp3) is 0.222. The second kappa shape index (κ2) is 3.95. The number of nitrogens with one attached hydrogen (secondary N) is 1. The molecular weight excluding hydrogens is 198 g/mol. The SMILES string of the molecule is CCOC(=O)c1cc(-c2ccn[nH]2)on1. The Morgan fingerprint density at radius 3 is 3.20 bits per heavy atom. The Hall–Kier alpha value is -2.11. The molecule has 0 aliphatic heterocycles. The van der Waals surface area contributed by atoms with Gasteiger partial charge in [0, 0.05) is 12.3 Å². The quantitative estimate of drug-likeness (QED) is 0.766. The largest absolute Gasteiger partial charge is 0.461 e. The molecule has 2 aromatic heterocycles. The first-order valence-corrected chi connectivity index (χ1v) is 4.45. The monoisotopic (exact) mass is 207 g/mol. The van der Waals surface area contributed by atoms with Crippen molar-refractivity contribution in [2.75, 3.05) is 6.61 Å². The molecule has 0 aliphatic carbocycles. The standard InChI is InChI=1S/C9H9N3O3/c1-2-14-9(13)7-5-8(15-12-7)6-3-4-10-11-6/h3-5H,2H2,1H3,(H,10,11). The summed E-state index contributed by atoms with van der Waals surface area (Å²) in [4.78, 5) is 11.3. The van der Waals surface area contributed by atoms with Crippen LogP contribution in [-0.2, 0) is 4.74 Å². The summed E-state index contributed by atoms with van der Waals surface area (Å²) in [5, 5.41) is 10.1. The molecule has 6 heteroatoms. The minimum Gasteiger partial charge on any atom is -0.461 e. The van der Waals surface area contributed by atoms with Crippen LogP contribution in [-0.4, -0.2) is 27.9 Å². The molecule has 0 radical (unpaired) electrons. The van der Waals surface area contributed by atoms with Gasteiger partial charge in [-0.05, 0) is 13.0 Å². The Kier molecular flexibility index (Phi) is 2.49. The van der Waals surface area contributed by atoms with Crippen LogP contribution in [0.1, 0.15) is 17.4 Å². The number of hydrogen-bond donors (Lipinski definition) is 1. The number of hydrogen-bond acceptors (Lipinski definition) is 5. The van der Waals surface area contributed by atoms with E-state index in [-0.39, 0.29) is 5.69 Å². The summed E-state index contributed by atoms with van der Waals surface area (Å²) in [5.74, 6) is -0.0393. The van der Waals surface area contributed by atoms with Gasteiger partial charge in [0.05, 0.1) is 6.61 Å². The molecule has 6 nitrogen and oxygen atoms in total. The minimum absolute atomic E-state index is 0.154. The highest BCUT2D eigenvalue weighted by Crippen LogP contribution is 2.17. The molecule has 2 aromatic rings. The molecule has 0 unspecified atom stereocenters. The summed E-state index contributed by atoms with van der Waals surface area (Å²) in [7, 11) is 0. The third kappa shape index (κ3) is 1.88. The molecule has 0 saturated carbocycles. The van der Waals surface area contributed by atoms with Gasteiger partial charge in [-0.15, -0.1) is 0 Å². The molecule has 0 spiro atoms. The van der Waals surface area contributed by atoms with Gasteiger partial charge in [0.1, 0.15) is 5.69 Å². The van der Waals surface area contributed by atoms with Crippen molar-refractivity contribution in [3.63, 3.8) is 0 Å². The molecule has 2 heterocycles. The molecule has 0 atom stereocenters. The molecule has 15 heavy (non-hydrogen) atoms. The fourth-order valence-corrected chi connectivity index (χ4v) is 1.10. The van der Waals surface area contributed by atoms with E-state index in [0.29, 0.717) is 18.1 Å². The van der Waals surface area contributed by atoms with Crippen LogP contribution < -0.4 is 0 Å². The fourth-order valence-electron chi connectivity index (χ4n) is 1.10. The molecule has 0 fully saturated rings. The predicted octanol–water partition coefficient (Wildman–Crippen LogP) is 1.24. The van der Waals surface area contributed by atoms with Crippen LogP contribution in [0.3, 0.4) is 0 Å². The number of nitrogens with zero attached hydrogens (tertiary/aromatic N) is 2. The zero-order valence-electron chi connectivity index (χ0n) is 8.06. The van der Waals surface area contributed by atoms with Crippen LogP contribution in [0.4, 0.5) is 0 Å². The van der Waals surface area contributed by atoms with E-state index < -0.39 is 5.97 Å². The first-order valence-electron chi connectivity index (χ1n) is 4.45. The van der Waals surface area contributed by atoms with E-state index in [1.165, 1.54) is 6.07 Å². The lowest BCUT2D eigenvalue weighted by Crippen LogP contribution is -2.04. The maximum atomic E-state index is 11.3. The Morgan fingerprint density at radius 2 is 2.53 bits per heavy atom. The zero-order chi connectivity index (χ0) is 10.7. The lowest BCUT2D eigenvalue weighted by molar-refractivity contribution is 0.0514. The van der Waals surface area contributed by atoms with E-state index >= 15 is 0 Å².